The van der Waals surface area contributed by atoms with E-state index in [2.05, 4.69) is 5.32 Å². The Bertz CT molecular complexity index is 1140. The second kappa shape index (κ2) is 11.2. The third kappa shape index (κ3) is 5.61. The van der Waals surface area contributed by atoms with E-state index in [0.717, 1.165) is 16.7 Å². The third-order valence-corrected chi connectivity index (χ3v) is 7.10. The Morgan fingerprint density at radius 1 is 1.17 bits per heavy atom. The number of nitro groups is 1. The summed E-state index contributed by atoms with van der Waals surface area (Å²) in [6.45, 7) is 4.69. The van der Waals surface area contributed by atoms with Crippen LogP contribution in [-0.2, 0) is 20.8 Å². The highest BCUT2D eigenvalue weighted by Crippen LogP contribution is 2.34. The first-order valence-corrected chi connectivity index (χ1v) is 11.9. The van der Waals surface area contributed by atoms with Crippen LogP contribution in [0.25, 0.3) is 0 Å². The molecule has 2 aromatic carbocycles. The number of carbonyl (C=O) groups excluding carboxylic acids is 2. The lowest BCUT2D eigenvalue weighted by molar-refractivity contribution is -0.384. The first-order chi connectivity index (χ1) is 17.0. The van der Waals surface area contributed by atoms with Crippen molar-refractivity contribution in [1.29, 1.82) is 0 Å². The molecule has 0 aromatic heterocycles. The van der Waals surface area contributed by atoms with E-state index in [0.29, 0.717) is 31.0 Å². The number of likely N-dealkylation sites (N-methyl/N-ethyl adjacent to an activating group) is 1. The highest BCUT2D eigenvalue weighted by Gasteiger charge is 2.47. The number of piperidine rings is 1. The molecular formula is C25H31ClN4O6. The van der Waals surface area contributed by atoms with E-state index in [4.69, 9.17) is 21.2 Å². The molecule has 0 atom stereocenters. The summed E-state index contributed by atoms with van der Waals surface area (Å²) in [5, 5.41) is 16.3. The summed E-state index contributed by atoms with van der Waals surface area (Å²) in [6, 6.07) is 7.60. The lowest BCUT2D eigenvalue weighted by Crippen LogP contribution is -2.62. The summed E-state index contributed by atoms with van der Waals surface area (Å²) >= 11 is 6.15. The molecule has 0 unspecified atom stereocenters. The van der Waals surface area contributed by atoms with Crippen LogP contribution in [0.5, 0.6) is 5.75 Å². The Morgan fingerprint density at radius 2 is 1.78 bits per heavy atom. The topological polar surface area (TPSA) is 114 Å². The van der Waals surface area contributed by atoms with E-state index in [9.17, 15) is 19.7 Å². The average molecular weight is 519 g/mol. The largest absolute Gasteiger partial charge is 0.494 e. The zero-order valence-electron chi connectivity index (χ0n) is 21.1. The number of halogens is 1. The van der Waals surface area contributed by atoms with Crippen molar-refractivity contribution in [2.45, 2.75) is 38.6 Å². The Hall–Kier alpha value is -3.21. The number of hydrogen-bond acceptors (Lipinski definition) is 7. The summed E-state index contributed by atoms with van der Waals surface area (Å²) in [5.74, 6) is -0.450. The van der Waals surface area contributed by atoms with Gasteiger partial charge < -0.3 is 19.8 Å². The smallest absolute Gasteiger partial charge is 0.273 e. The number of amides is 2. The van der Waals surface area contributed by atoms with E-state index >= 15 is 0 Å². The molecule has 10 nitrogen and oxygen atoms in total. The van der Waals surface area contributed by atoms with Crippen molar-refractivity contribution in [2.24, 2.45) is 0 Å². The van der Waals surface area contributed by atoms with Gasteiger partial charge >= 0.3 is 0 Å². The number of hydrogen-bond donors (Lipinski definition) is 1. The minimum absolute atomic E-state index is 0.120. The van der Waals surface area contributed by atoms with Crippen molar-refractivity contribution >= 4 is 34.8 Å². The van der Waals surface area contributed by atoms with Crippen molar-refractivity contribution in [2.75, 3.05) is 39.7 Å². The monoisotopic (exact) mass is 518 g/mol. The van der Waals surface area contributed by atoms with Crippen LogP contribution < -0.4 is 10.1 Å². The fourth-order valence-corrected chi connectivity index (χ4v) is 4.94. The maximum atomic E-state index is 13.8. The predicted molar refractivity (Wildman–Crippen MR) is 136 cm³/mol. The second-order valence-electron chi connectivity index (χ2n) is 8.89. The minimum Gasteiger partial charge on any atom is -0.494 e. The van der Waals surface area contributed by atoms with Crippen molar-refractivity contribution in [3.05, 3.63) is 62.2 Å². The molecule has 36 heavy (non-hydrogen) atoms. The molecule has 0 bridgehead atoms. The fourth-order valence-electron chi connectivity index (χ4n) is 4.62. The van der Waals surface area contributed by atoms with Gasteiger partial charge in [0.05, 0.1) is 37.3 Å². The molecule has 11 heteroatoms. The van der Waals surface area contributed by atoms with Crippen molar-refractivity contribution in [1.82, 2.24) is 9.96 Å². The molecule has 2 aromatic rings. The maximum Gasteiger partial charge on any atom is 0.273 e. The summed E-state index contributed by atoms with van der Waals surface area (Å²) < 4.78 is 5.28. The van der Waals surface area contributed by atoms with Gasteiger partial charge in [0, 0.05) is 31.2 Å². The van der Waals surface area contributed by atoms with Gasteiger partial charge in [0.1, 0.15) is 11.3 Å². The molecule has 2 amide bonds. The summed E-state index contributed by atoms with van der Waals surface area (Å²) in [6.07, 6.45) is 0.792. The number of aryl methyl sites for hydroxylation is 2. The van der Waals surface area contributed by atoms with Gasteiger partial charge in [0.2, 0.25) is 5.91 Å². The van der Waals surface area contributed by atoms with E-state index in [-0.39, 0.29) is 29.5 Å². The molecule has 0 aliphatic carbocycles. The number of ether oxygens (including phenoxy) is 1. The van der Waals surface area contributed by atoms with Gasteiger partial charge in [-0.15, -0.1) is 0 Å². The molecule has 1 saturated heterocycles. The minimum atomic E-state index is -1.16. The SMILES string of the molecule is COc1cc([N+](=O)[O-])ccc1NC(=O)C1(N(C)C(=O)Cc2c(C)cc(Cl)cc2C)CCN(OC)CC1. The molecule has 0 spiro atoms. The number of non-ortho nitro benzene ring substituents is 1. The average Bonchev–Trinajstić information content (AvgIpc) is 2.85. The van der Waals surface area contributed by atoms with Gasteiger partial charge in [0.25, 0.3) is 11.6 Å². The van der Waals surface area contributed by atoms with Crippen LogP contribution >= 0.6 is 11.6 Å². The maximum absolute atomic E-state index is 13.8. The zero-order valence-corrected chi connectivity index (χ0v) is 21.8. The number of methoxy groups -OCH3 is 1. The first-order valence-electron chi connectivity index (χ1n) is 11.5. The van der Waals surface area contributed by atoms with Crippen molar-refractivity contribution < 1.29 is 24.1 Å². The Labute approximate surface area is 215 Å². The van der Waals surface area contributed by atoms with Gasteiger partial charge in [0.15, 0.2) is 0 Å². The first kappa shape index (κ1) is 27.4. The van der Waals surface area contributed by atoms with Crippen LogP contribution in [0, 0.1) is 24.0 Å². The summed E-state index contributed by atoms with van der Waals surface area (Å²) in [7, 11) is 4.57. The zero-order chi connectivity index (χ0) is 26.6. The number of nitrogens with zero attached hydrogens (tertiary/aromatic N) is 3. The molecule has 0 saturated carbocycles. The van der Waals surface area contributed by atoms with Crippen LogP contribution in [0.1, 0.15) is 29.5 Å². The highest BCUT2D eigenvalue weighted by molar-refractivity contribution is 6.30. The lowest BCUT2D eigenvalue weighted by Gasteiger charge is -2.45. The number of carbonyl (C=O) groups is 2. The molecule has 1 aliphatic rings. The van der Waals surface area contributed by atoms with Crippen LogP contribution in [0.4, 0.5) is 11.4 Å². The molecule has 1 aliphatic heterocycles. The molecule has 3 rings (SSSR count). The number of nitrogens with one attached hydrogen (secondary N) is 1. The normalized spacial score (nSPS) is 15.3. The molecule has 194 valence electrons. The van der Waals surface area contributed by atoms with Crippen molar-refractivity contribution in [3.8, 4) is 5.75 Å². The number of hydroxylamine groups is 2. The molecule has 1 N–H and O–H groups in total. The van der Waals surface area contributed by atoms with Gasteiger partial charge in [-0.2, -0.15) is 5.06 Å². The van der Waals surface area contributed by atoms with Gasteiger partial charge in [-0.05, 0) is 61.6 Å². The number of rotatable bonds is 8. The fraction of sp³-hybridized carbons (Fsp3) is 0.440. The molecule has 0 radical (unpaired) electrons. The number of nitro benzene ring substituents is 1. The van der Waals surface area contributed by atoms with Crippen molar-refractivity contribution in [3.63, 3.8) is 0 Å². The van der Waals surface area contributed by atoms with E-state index in [1.165, 1.54) is 30.2 Å². The van der Waals surface area contributed by atoms with Gasteiger partial charge in [-0.25, -0.2) is 0 Å². The number of anilines is 1. The number of benzene rings is 2. The van der Waals surface area contributed by atoms with Gasteiger partial charge in [-0.1, -0.05) is 11.6 Å². The standard InChI is InChI=1S/C25H31ClN4O6/c1-16-12-18(26)13-17(2)20(16)15-23(31)28(3)25(8-10-29(36-5)11-9-25)24(32)27-21-7-6-19(30(33)34)14-22(21)35-4/h6-7,12-14H,8-11,15H2,1-5H3,(H,27,32). The van der Waals surface area contributed by atoms with Gasteiger partial charge in [-0.3, -0.25) is 19.7 Å². The van der Waals surface area contributed by atoms with Crippen LogP contribution in [0.2, 0.25) is 5.02 Å². The summed E-state index contributed by atoms with van der Waals surface area (Å²) in [5.41, 5.74) is 1.65. The van der Waals surface area contributed by atoms with Crippen LogP contribution in [-0.4, -0.2) is 66.6 Å². The van der Waals surface area contributed by atoms with E-state index in [1.807, 2.05) is 26.0 Å². The molecule has 1 heterocycles. The molecule has 1 fully saturated rings. The van der Waals surface area contributed by atoms with Crippen LogP contribution in [0.15, 0.2) is 30.3 Å². The van der Waals surface area contributed by atoms with E-state index in [1.54, 1.807) is 19.2 Å². The highest BCUT2D eigenvalue weighted by atomic mass is 35.5. The Kier molecular flexibility index (Phi) is 8.55. The van der Waals surface area contributed by atoms with Crippen LogP contribution in [0.3, 0.4) is 0 Å². The van der Waals surface area contributed by atoms with E-state index < -0.39 is 16.4 Å². The quantitative estimate of drug-likeness (QED) is 0.416. The third-order valence-electron chi connectivity index (χ3n) is 6.88. The molecular weight excluding hydrogens is 488 g/mol. The second-order valence-corrected chi connectivity index (χ2v) is 9.32. The lowest BCUT2D eigenvalue weighted by atomic mass is 9.84. The predicted octanol–water partition coefficient (Wildman–Crippen LogP) is 3.91. The Morgan fingerprint density at radius 3 is 2.31 bits per heavy atom. The summed E-state index contributed by atoms with van der Waals surface area (Å²) in [4.78, 5) is 44.7. The Balaban J connectivity index is 1.92.